The van der Waals surface area contributed by atoms with Crippen molar-refractivity contribution in [3.63, 3.8) is 0 Å². The van der Waals surface area contributed by atoms with Gasteiger partial charge in [-0.2, -0.15) is 11.8 Å². The lowest BCUT2D eigenvalue weighted by molar-refractivity contribution is 0.128. The van der Waals surface area contributed by atoms with Gasteiger partial charge in [0.15, 0.2) is 5.82 Å². The van der Waals surface area contributed by atoms with Crippen LogP contribution >= 0.6 is 11.8 Å². The third-order valence-electron chi connectivity index (χ3n) is 2.65. The Kier molecular flexibility index (Phi) is 9.15. The lowest BCUT2D eigenvalue weighted by Crippen LogP contribution is -2.10. The molecule has 1 aromatic rings. The highest BCUT2D eigenvalue weighted by Gasteiger charge is 2.04. The Hall–Kier alpha value is -1.01. The molecule has 0 saturated heterocycles. The van der Waals surface area contributed by atoms with Gasteiger partial charge in [-0.3, -0.25) is 0 Å². The number of nitrogens with one attached hydrogen (secondary N) is 2. The van der Waals surface area contributed by atoms with E-state index in [0.717, 1.165) is 37.0 Å². The maximum atomic E-state index is 5.38. The van der Waals surface area contributed by atoms with Crippen LogP contribution in [0.4, 0.5) is 11.6 Å². The number of hydrogen-bond acceptors (Lipinski definition) is 6. The van der Waals surface area contributed by atoms with Gasteiger partial charge in [0.2, 0.25) is 0 Å². The first-order valence-corrected chi connectivity index (χ1v) is 8.61. The monoisotopic (exact) mass is 298 g/mol. The highest BCUT2D eigenvalue weighted by atomic mass is 32.2. The topological polar surface area (TPSA) is 59.1 Å². The summed E-state index contributed by atoms with van der Waals surface area (Å²) in [5, 5.41) is 6.59. The Morgan fingerprint density at radius 2 is 1.90 bits per heavy atom. The molecule has 1 rings (SSSR count). The molecule has 5 nitrogen and oxygen atoms in total. The fourth-order valence-electron chi connectivity index (χ4n) is 1.71. The second kappa shape index (κ2) is 10.7. The molecule has 0 bridgehead atoms. The van der Waals surface area contributed by atoms with Crippen molar-refractivity contribution in [1.29, 1.82) is 0 Å². The largest absolute Gasteiger partial charge is 0.374 e. The van der Waals surface area contributed by atoms with E-state index in [1.165, 1.54) is 12.2 Å². The van der Waals surface area contributed by atoms with E-state index in [2.05, 4.69) is 33.8 Å². The standard InChI is InChI=1S/C14H26N4OS/c1-4-15-12-10-13(16-8-6-7-9-20-3)18-14(17-12)11-19-5-2/h10H,4-9,11H2,1-3H3,(H2,15,16,17,18). The van der Waals surface area contributed by atoms with Gasteiger partial charge in [-0.05, 0) is 38.7 Å². The summed E-state index contributed by atoms with van der Waals surface area (Å²) in [6, 6.07) is 1.95. The van der Waals surface area contributed by atoms with E-state index in [4.69, 9.17) is 4.74 Å². The van der Waals surface area contributed by atoms with Crippen molar-refractivity contribution >= 4 is 23.4 Å². The number of rotatable bonds is 11. The molecular formula is C14H26N4OS. The van der Waals surface area contributed by atoms with E-state index in [-0.39, 0.29) is 0 Å². The first-order chi connectivity index (χ1) is 9.80. The van der Waals surface area contributed by atoms with Gasteiger partial charge in [0.05, 0.1) is 0 Å². The van der Waals surface area contributed by atoms with E-state index in [0.29, 0.717) is 13.2 Å². The Balaban J connectivity index is 2.55. The molecule has 0 atom stereocenters. The summed E-state index contributed by atoms with van der Waals surface area (Å²) in [6.45, 7) is 6.94. The first kappa shape index (κ1) is 17.0. The van der Waals surface area contributed by atoms with Crippen molar-refractivity contribution in [2.45, 2.75) is 33.3 Å². The Morgan fingerprint density at radius 1 is 1.15 bits per heavy atom. The SMILES string of the molecule is CCNc1cc(NCCCCSC)nc(COCC)n1. The van der Waals surface area contributed by atoms with Gasteiger partial charge in [-0.1, -0.05) is 0 Å². The van der Waals surface area contributed by atoms with E-state index in [1.54, 1.807) is 0 Å². The molecule has 0 unspecified atom stereocenters. The lowest BCUT2D eigenvalue weighted by Gasteiger charge is -2.10. The Bertz CT molecular complexity index is 376. The highest BCUT2D eigenvalue weighted by molar-refractivity contribution is 7.98. The fourth-order valence-corrected chi connectivity index (χ4v) is 2.20. The minimum Gasteiger partial charge on any atom is -0.374 e. The highest BCUT2D eigenvalue weighted by Crippen LogP contribution is 2.12. The van der Waals surface area contributed by atoms with Crippen LogP contribution in [0.3, 0.4) is 0 Å². The van der Waals surface area contributed by atoms with E-state index < -0.39 is 0 Å². The minimum atomic E-state index is 0.455. The molecule has 0 fully saturated rings. The average molecular weight is 298 g/mol. The van der Waals surface area contributed by atoms with Gasteiger partial charge in [0.1, 0.15) is 18.2 Å². The molecule has 114 valence electrons. The quantitative estimate of drug-likeness (QED) is 0.612. The molecule has 6 heteroatoms. The number of nitrogens with zero attached hydrogens (tertiary/aromatic N) is 2. The zero-order valence-electron chi connectivity index (χ0n) is 12.7. The van der Waals surface area contributed by atoms with Gasteiger partial charge >= 0.3 is 0 Å². The fraction of sp³-hybridized carbons (Fsp3) is 0.714. The Labute approximate surface area is 126 Å². The summed E-state index contributed by atoms with van der Waals surface area (Å²) in [7, 11) is 0. The van der Waals surface area contributed by atoms with E-state index in [1.807, 2.05) is 24.8 Å². The second-order valence-electron chi connectivity index (χ2n) is 4.35. The van der Waals surface area contributed by atoms with Crippen LogP contribution in [0.1, 0.15) is 32.5 Å². The van der Waals surface area contributed by atoms with Crippen LogP contribution < -0.4 is 10.6 Å². The molecule has 1 aromatic heterocycles. The summed E-state index contributed by atoms with van der Waals surface area (Å²) in [4.78, 5) is 8.91. The number of unbranched alkanes of at least 4 members (excludes halogenated alkanes) is 1. The van der Waals surface area contributed by atoms with Gasteiger partial charge < -0.3 is 15.4 Å². The lowest BCUT2D eigenvalue weighted by atomic mass is 10.3. The van der Waals surface area contributed by atoms with Crippen LogP contribution in [0.2, 0.25) is 0 Å². The predicted molar refractivity (Wildman–Crippen MR) is 87.6 cm³/mol. The van der Waals surface area contributed by atoms with Crippen LogP contribution in [-0.2, 0) is 11.3 Å². The van der Waals surface area contributed by atoms with Crippen molar-refractivity contribution < 1.29 is 4.74 Å². The number of anilines is 2. The summed E-state index contributed by atoms with van der Waals surface area (Å²) in [5.41, 5.74) is 0. The van der Waals surface area contributed by atoms with Crippen molar-refractivity contribution in [1.82, 2.24) is 9.97 Å². The molecule has 0 radical (unpaired) electrons. The molecule has 20 heavy (non-hydrogen) atoms. The first-order valence-electron chi connectivity index (χ1n) is 7.22. The number of ether oxygens (including phenoxy) is 1. The van der Waals surface area contributed by atoms with E-state index in [9.17, 15) is 0 Å². The molecule has 0 aromatic carbocycles. The summed E-state index contributed by atoms with van der Waals surface area (Å²) >= 11 is 1.89. The van der Waals surface area contributed by atoms with Gasteiger partial charge in [0, 0.05) is 25.8 Å². The molecule has 0 saturated carbocycles. The van der Waals surface area contributed by atoms with Crippen molar-refractivity contribution in [3.8, 4) is 0 Å². The molecule has 0 amide bonds. The zero-order valence-corrected chi connectivity index (χ0v) is 13.6. The van der Waals surface area contributed by atoms with Crippen molar-refractivity contribution in [2.75, 3.05) is 42.3 Å². The van der Waals surface area contributed by atoms with Crippen LogP contribution in [0.15, 0.2) is 6.07 Å². The maximum Gasteiger partial charge on any atom is 0.158 e. The molecule has 0 aliphatic carbocycles. The van der Waals surface area contributed by atoms with Gasteiger partial charge in [-0.25, -0.2) is 9.97 Å². The van der Waals surface area contributed by atoms with Crippen LogP contribution in [0.25, 0.3) is 0 Å². The molecule has 2 N–H and O–H groups in total. The smallest absolute Gasteiger partial charge is 0.158 e. The number of aromatic nitrogens is 2. The third kappa shape index (κ3) is 6.96. The van der Waals surface area contributed by atoms with Gasteiger partial charge in [-0.15, -0.1) is 0 Å². The maximum absolute atomic E-state index is 5.38. The molecular weight excluding hydrogens is 272 g/mol. The second-order valence-corrected chi connectivity index (χ2v) is 5.33. The normalized spacial score (nSPS) is 10.6. The number of thioether (sulfide) groups is 1. The summed E-state index contributed by atoms with van der Waals surface area (Å²) in [6.07, 6.45) is 4.52. The zero-order chi connectivity index (χ0) is 14.6. The van der Waals surface area contributed by atoms with Crippen LogP contribution in [0, 0.1) is 0 Å². The predicted octanol–water partition coefficient (Wildman–Crippen LogP) is 3.00. The summed E-state index contributed by atoms with van der Waals surface area (Å²) < 4.78 is 5.38. The molecule has 0 aliphatic heterocycles. The van der Waals surface area contributed by atoms with Crippen LogP contribution in [0.5, 0.6) is 0 Å². The van der Waals surface area contributed by atoms with Crippen LogP contribution in [-0.4, -0.2) is 41.7 Å². The molecule has 0 spiro atoms. The van der Waals surface area contributed by atoms with Gasteiger partial charge in [0.25, 0.3) is 0 Å². The Morgan fingerprint density at radius 3 is 2.55 bits per heavy atom. The minimum absolute atomic E-state index is 0.455. The van der Waals surface area contributed by atoms with Crippen molar-refractivity contribution in [2.24, 2.45) is 0 Å². The van der Waals surface area contributed by atoms with E-state index >= 15 is 0 Å². The molecule has 0 aliphatic rings. The summed E-state index contributed by atoms with van der Waals surface area (Å²) in [5.74, 6) is 3.65. The third-order valence-corrected chi connectivity index (χ3v) is 3.34. The molecule has 1 heterocycles. The average Bonchev–Trinajstić information content (AvgIpc) is 2.45. The van der Waals surface area contributed by atoms with Crippen molar-refractivity contribution in [3.05, 3.63) is 11.9 Å². The number of hydrogen-bond donors (Lipinski definition) is 2.